The van der Waals surface area contributed by atoms with E-state index in [1.54, 1.807) is 36.4 Å². The zero-order chi connectivity index (χ0) is 23.0. The Morgan fingerprint density at radius 2 is 1.38 bits per heavy atom. The zero-order valence-electron chi connectivity index (χ0n) is 18.2. The van der Waals surface area contributed by atoms with Crippen LogP contribution in [-0.2, 0) is 16.6 Å². The van der Waals surface area contributed by atoms with Gasteiger partial charge in [0.15, 0.2) is 0 Å². The van der Waals surface area contributed by atoms with Crippen LogP contribution in [0.3, 0.4) is 0 Å². The molecule has 0 spiro atoms. The van der Waals surface area contributed by atoms with Crippen molar-refractivity contribution in [2.75, 3.05) is 13.1 Å². The summed E-state index contributed by atoms with van der Waals surface area (Å²) in [4.78, 5) is 12.7. The molecule has 3 aromatic rings. The molecule has 0 saturated heterocycles. The lowest BCUT2D eigenvalue weighted by Crippen LogP contribution is -2.30. The van der Waals surface area contributed by atoms with Crippen LogP contribution in [-0.4, -0.2) is 31.7 Å². The predicted octanol–water partition coefficient (Wildman–Crippen LogP) is 4.05. The molecule has 0 radical (unpaired) electrons. The van der Waals surface area contributed by atoms with Crippen molar-refractivity contribution in [3.8, 4) is 11.8 Å². The van der Waals surface area contributed by atoms with Crippen LogP contribution >= 0.6 is 0 Å². The van der Waals surface area contributed by atoms with Crippen molar-refractivity contribution < 1.29 is 13.2 Å². The van der Waals surface area contributed by atoms with Gasteiger partial charge < -0.3 is 5.32 Å². The van der Waals surface area contributed by atoms with Crippen LogP contribution in [0.5, 0.6) is 0 Å². The van der Waals surface area contributed by atoms with Gasteiger partial charge in [-0.2, -0.15) is 4.31 Å². The molecule has 0 fully saturated rings. The van der Waals surface area contributed by atoms with Crippen molar-refractivity contribution in [1.82, 2.24) is 9.62 Å². The molecule has 0 aliphatic rings. The molecule has 0 aliphatic heterocycles. The van der Waals surface area contributed by atoms with Gasteiger partial charge in [-0.1, -0.05) is 56.0 Å². The number of carbonyl (C=O) groups is 1. The highest BCUT2D eigenvalue weighted by atomic mass is 32.2. The molecule has 1 N–H and O–H groups in total. The highest BCUT2D eigenvalue weighted by molar-refractivity contribution is 7.89. The van der Waals surface area contributed by atoms with Gasteiger partial charge in [0, 0.05) is 36.3 Å². The molecule has 0 bridgehead atoms. The molecule has 0 aromatic heterocycles. The average Bonchev–Trinajstić information content (AvgIpc) is 2.83. The Morgan fingerprint density at radius 1 is 0.812 bits per heavy atom. The second kappa shape index (κ2) is 10.8. The molecule has 32 heavy (non-hydrogen) atoms. The number of hydrogen-bond donors (Lipinski definition) is 1. The first-order chi connectivity index (χ1) is 15.4. The summed E-state index contributed by atoms with van der Waals surface area (Å²) in [6.45, 7) is 4.78. The fourth-order valence-corrected chi connectivity index (χ4v) is 4.61. The Hall–Kier alpha value is -3.40. The maximum Gasteiger partial charge on any atom is 0.251 e. The minimum absolute atomic E-state index is 0.201. The first-order valence-corrected chi connectivity index (χ1v) is 11.9. The number of nitrogens with zero attached hydrogens (tertiary/aromatic N) is 1. The summed E-state index contributed by atoms with van der Waals surface area (Å²) in [5, 5.41) is 2.86. The summed E-state index contributed by atoms with van der Waals surface area (Å²) in [6.07, 6.45) is 0. The summed E-state index contributed by atoms with van der Waals surface area (Å²) < 4.78 is 26.5. The molecule has 0 aliphatic carbocycles. The zero-order valence-corrected chi connectivity index (χ0v) is 19.0. The Labute approximate surface area is 190 Å². The fourth-order valence-electron chi connectivity index (χ4n) is 3.15. The standard InChI is InChI=1S/C26H26N2O3S/c1-3-28(4-2)32(30,31)25-18-14-23(15-19-25)20-27-26(29)24-16-12-22(13-17-24)11-10-21-8-6-5-7-9-21/h5-9,12-19H,3-4,20H2,1-2H3,(H,27,29). The monoisotopic (exact) mass is 446 g/mol. The van der Waals surface area contributed by atoms with E-state index in [0.29, 0.717) is 25.2 Å². The lowest BCUT2D eigenvalue weighted by Gasteiger charge is -2.18. The Balaban J connectivity index is 1.59. The van der Waals surface area contributed by atoms with Crippen molar-refractivity contribution >= 4 is 15.9 Å². The molecular weight excluding hydrogens is 420 g/mol. The maximum absolute atomic E-state index is 12.6. The Kier molecular flexibility index (Phi) is 7.82. The molecule has 0 unspecified atom stereocenters. The molecule has 164 valence electrons. The van der Waals surface area contributed by atoms with E-state index >= 15 is 0 Å². The lowest BCUT2D eigenvalue weighted by molar-refractivity contribution is 0.0951. The number of amides is 1. The van der Waals surface area contributed by atoms with Crippen LogP contribution in [0.25, 0.3) is 0 Å². The van der Waals surface area contributed by atoms with E-state index in [2.05, 4.69) is 17.2 Å². The quantitative estimate of drug-likeness (QED) is 0.557. The van der Waals surface area contributed by atoms with E-state index in [1.165, 1.54) is 4.31 Å². The first-order valence-electron chi connectivity index (χ1n) is 10.5. The number of benzene rings is 3. The highest BCUT2D eigenvalue weighted by Crippen LogP contribution is 2.16. The van der Waals surface area contributed by atoms with Crippen LogP contribution in [0.1, 0.15) is 40.9 Å². The normalized spacial score (nSPS) is 11.0. The van der Waals surface area contributed by atoms with Gasteiger partial charge in [-0.25, -0.2) is 8.42 Å². The van der Waals surface area contributed by atoms with E-state index < -0.39 is 10.0 Å². The molecular formula is C26H26N2O3S. The van der Waals surface area contributed by atoms with Gasteiger partial charge in [0.25, 0.3) is 5.91 Å². The highest BCUT2D eigenvalue weighted by Gasteiger charge is 2.21. The van der Waals surface area contributed by atoms with E-state index in [1.807, 2.05) is 56.3 Å². The van der Waals surface area contributed by atoms with E-state index in [0.717, 1.165) is 16.7 Å². The van der Waals surface area contributed by atoms with Crippen molar-refractivity contribution in [2.45, 2.75) is 25.3 Å². The first kappa shape index (κ1) is 23.3. The van der Waals surface area contributed by atoms with Gasteiger partial charge in [-0.05, 0) is 54.1 Å². The van der Waals surface area contributed by atoms with Crippen molar-refractivity contribution in [2.24, 2.45) is 0 Å². The predicted molar refractivity (Wildman–Crippen MR) is 127 cm³/mol. The van der Waals surface area contributed by atoms with Gasteiger partial charge in [0.2, 0.25) is 10.0 Å². The average molecular weight is 447 g/mol. The Morgan fingerprint density at radius 3 is 1.94 bits per heavy atom. The molecule has 5 nitrogen and oxygen atoms in total. The summed E-state index contributed by atoms with van der Waals surface area (Å²) in [5.41, 5.74) is 3.12. The molecule has 3 rings (SSSR count). The SMILES string of the molecule is CCN(CC)S(=O)(=O)c1ccc(CNC(=O)c2ccc(C#Cc3ccccc3)cc2)cc1. The maximum atomic E-state index is 12.6. The minimum Gasteiger partial charge on any atom is -0.348 e. The largest absolute Gasteiger partial charge is 0.348 e. The topological polar surface area (TPSA) is 66.5 Å². The minimum atomic E-state index is -3.48. The number of carbonyl (C=O) groups excluding carboxylic acids is 1. The molecule has 0 saturated carbocycles. The number of hydrogen-bond acceptors (Lipinski definition) is 3. The van der Waals surface area contributed by atoms with E-state index in [4.69, 9.17) is 0 Å². The third-order valence-corrected chi connectivity index (χ3v) is 7.06. The molecule has 3 aromatic carbocycles. The van der Waals surface area contributed by atoms with Crippen molar-refractivity contribution in [3.05, 3.63) is 101 Å². The van der Waals surface area contributed by atoms with Gasteiger partial charge in [0.05, 0.1) is 4.90 Å². The molecule has 1 amide bonds. The lowest BCUT2D eigenvalue weighted by atomic mass is 10.1. The van der Waals surface area contributed by atoms with Gasteiger partial charge >= 0.3 is 0 Å². The molecule has 0 atom stereocenters. The second-order valence-electron chi connectivity index (χ2n) is 7.11. The third-order valence-electron chi connectivity index (χ3n) is 4.99. The van der Waals surface area contributed by atoms with Gasteiger partial charge in [-0.15, -0.1) is 0 Å². The van der Waals surface area contributed by atoms with Crippen LogP contribution in [0.4, 0.5) is 0 Å². The second-order valence-corrected chi connectivity index (χ2v) is 9.05. The smallest absolute Gasteiger partial charge is 0.251 e. The van der Waals surface area contributed by atoms with Gasteiger partial charge in [-0.3, -0.25) is 4.79 Å². The van der Waals surface area contributed by atoms with Crippen LogP contribution in [0.15, 0.2) is 83.8 Å². The summed E-state index contributed by atoms with van der Waals surface area (Å²) >= 11 is 0. The summed E-state index contributed by atoms with van der Waals surface area (Å²) in [6, 6.07) is 23.4. The van der Waals surface area contributed by atoms with Gasteiger partial charge in [0.1, 0.15) is 0 Å². The number of sulfonamides is 1. The third kappa shape index (κ3) is 5.85. The summed E-state index contributed by atoms with van der Waals surface area (Å²) in [7, 11) is -3.48. The Bertz CT molecular complexity index is 1200. The number of rotatable bonds is 7. The van der Waals surface area contributed by atoms with Crippen molar-refractivity contribution in [3.63, 3.8) is 0 Å². The molecule has 0 heterocycles. The summed E-state index contributed by atoms with van der Waals surface area (Å²) in [5.74, 6) is 5.97. The van der Waals surface area contributed by atoms with E-state index in [-0.39, 0.29) is 10.8 Å². The van der Waals surface area contributed by atoms with Crippen LogP contribution in [0, 0.1) is 11.8 Å². The number of nitrogens with one attached hydrogen (secondary N) is 1. The van der Waals surface area contributed by atoms with Crippen LogP contribution in [0.2, 0.25) is 0 Å². The van der Waals surface area contributed by atoms with E-state index in [9.17, 15) is 13.2 Å². The fraction of sp³-hybridized carbons (Fsp3) is 0.192. The van der Waals surface area contributed by atoms with Crippen molar-refractivity contribution in [1.29, 1.82) is 0 Å². The molecule has 6 heteroatoms. The van der Waals surface area contributed by atoms with Crippen LogP contribution < -0.4 is 5.32 Å².